The van der Waals surface area contributed by atoms with Gasteiger partial charge in [-0.05, 0) is 69.8 Å². The molecule has 0 saturated carbocycles. The first kappa shape index (κ1) is 23.5. The van der Waals surface area contributed by atoms with E-state index in [1.807, 2.05) is 36.1 Å². The van der Waals surface area contributed by atoms with E-state index < -0.39 is 0 Å². The number of hydrogen-bond donors (Lipinski definition) is 0. The van der Waals surface area contributed by atoms with E-state index in [0.717, 1.165) is 82.5 Å². The van der Waals surface area contributed by atoms with Gasteiger partial charge < -0.3 is 14.7 Å². The molecule has 0 aromatic heterocycles. The summed E-state index contributed by atoms with van der Waals surface area (Å²) in [6.45, 7) is 8.02. The van der Waals surface area contributed by atoms with Crippen LogP contribution in [0.4, 0.5) is 0 Å². The van der Waals surface area contributed by atoms with Crippen molar-refractivity contribution in [2.45, 2.75) is 39.0 Å². The second-order valence-corrected chi connectivity index (χ2v) is 9.57. The number of amides is 2. The SMILES string of the molecule is Cc1ccc(C(=O)N2CCCC(C(=O)N3CCCN(CCCc4ccccc4)CC3)C2)cc1. The molecule has 0 aliphatic carbocycles. The Morgan fingerprint density at radius 1 is 0.848 bits per heavy atom. The zero-order valence-electron chi connectivity index (χ0n) is 19.9. The van der Waals surface area contributed by atoms with Crippen molar-refractivity contribution in [2.24, 2.45) is 5.92 Å². The molecule has 5 nitrogen and oxygen atoms in total. The number of hydrogen-bond acceptors (Lipinski definition) is 3. The van der Waals surface area contributed by atoms with Crippen LogP contribution in [0, 0.1) is 12.8 Å². The Labute approximate surface area is 198 Å². The topological polar surface area (TPSA) is 43.9 Å². The van der Waals surface area contributed by atoms with Crippen LogP contribution >= 0.6 is 0 Å². The van der Waals surface area contributed by atoms with Crippen LogP contribution in [-0.4, -0.2) is 72.3 Å². The number of carbonyl (C=O) groups is 2. The molecule has 1 atom stereocenters. The molecule has 33 heavy (non-hydrogen) atoms. The summed E-state index contributed by atoms with van der Waals surface area (Å²) >= 11 is 0. The van der Waals surface area contributed by atoms with Crippen molar-refractivity contribution in [1.29, 1.82) is 0 Å². The molecule has 0 N–H and O–H groups in total. The van der Waals surface area contributed by atoms with Crippen molar-refractivity contribution in [3.05, 3.63) is 71.3 Å². The zero-order chi connectivity index (χ0) is 23.0. The van der Waals surface area contributed by atoms with Crippen LogP contribution in [0.25, 0.3) is 0 Å². The number of aryl methyl sites for hydroxylation is 2. The molecule has 2 saturated heterocycles. The maximum atomic E-state index is 13.3. The van der Waals surface area contributed by atoms with Crippen molar-refractivity contribution in [3.63, 3.8) is 0 Å². The fraction of sp³-hybridized carbons (Fsp3) is 0.500. The molecule has 2 heterocycles. The molecule has 2 aromatic carbocycles. The van der Waals surface area contributed by atoms with Crippen molar-refractivity contribution in [1.82, 2.24) is 14.7 Å². The van der Waals surface area contributed by atoms with Gasteiger partial charge in [-0.1, -0.05) is 48.0 Å². The van der Waals surface area contributed by atoms with Crippen LogP contribution in [0.2, 0.25) is 0 Å². The lowest BCUT2D eigenvalue weighted by Gasteiger charge is -2.35. The molecular weight excluding hydrogens is 410 g/mol. The van der Waals surface area contributed by atoms with Crippen LogP contribution in [0.1, 0.15) is 47.2 Å². The van der Waals surface area contributed by atoms with Gasteiger partial charge in [-0.3, -0.25) is 9.59 Å². The van der Waals surface area contributed by atoms with Crippen LogP contribution in [0.15, 0.2) is 54.6 Å². The Balaban J connectivity index is 1.26. The number of likely N-dealkylation sites (tertiary alicyclic amines) is 1. The molecule has 4 rings (SSSR count). The molecule has 1 unspecified atom stereocenters. The molecular formula is C28H37N3O2. The number of nitrogens with zero attached hydrogens (tertiary/aromatic N) is 3. The molecule has 2 aliphatic heterocycles. The van der Waals surface area contributed by atoms with Gasteiger partial charge in [0.1, 0.15) is 0 Å². The van der Waals surface area contributed by atoms with Crippen LogP contribution in [0.3, 0.4) is 0 Å². The molecule has 5 heteroatoms. The zero-order valence-corrected chi connectivity index (χ0v) is 19.9. The first-order valence-electron chi connectivity index (χ1n) is 12.5. The lowest BCUT2D eigenvalue weighted by molar-refractivity contribution is -0.136. The number of rotatable bonds is 6. The highest BCUT2D eigenvalue weighted by atomic mass is 16.2. The highest BCUT2D eigenvalue weighted by Crippen LogP contribution is 2.22. The van der Waals surface area contributed by atoms with Crippen molar-refractivity contribution >= 4 is 11.8 Å². The molecule has 0 radical (unpaired) electrons. The highest BCUT2D eigenvalue weighted by molar-refractivity contribution is 5.94. The summed E-state index contributed by atoms with van der Waals surface area (Å²) < 4.78 is 0. The van der Waals surface area contributed by atoms with Gasteiger partial charge in [-0.2, -0.15) is 0 Å². The average molecular weight is 448 g/mol. The second-order valence-electron chi connectivity index (χ2n) is 9.57. The Morgan fingerprint density at radius 3 is 2.39 bits per heavy atom. The fourth-order valence-electron chi connectivity index (χ4n) is 5.07. The van der Waals surface area contributed by atoms with E-state index >= 15 is 0 Å². The summed E-state index contributed by atoms with van der Waals surface area (Å²) in [6, 6.07) is 18.4. The minimum Gasteiger partial charge on any atom is -0.341 e. The first-order valence-corrected chi connectivity index (χ1v) is 12.5. The summed E-state index contributed by atoms with van der Waals surface area (Å²) in [5, 5.41) is 0. The van der Waals surface area contributed by atoms with E-state index in [1.165, 1.54) is 5.56 Å². The minimum atomic E-state index is -0.0715. The van der Waals surface area contributed by atoms with Crippen LogP contribution < -0.4 is 0 Å². The van der Waals surface area contributed by atoms with Gasteiger partial charge in [0.25, 0.3) is 5.91 Å². The van der Waals surface area contributed by atoms with E-state index in [1.54, 1.807) is 0 Å². The van der Waals surface area contributed by atoms with Crippen molar-refractivity contribution in [3.8, 4) is 0 Å². The van der Waals surface area contributed by atoms with Crippen LogP contribution in [0.5, 0.6) is 0 Å². The van der Waals surface area contributed by atoms with Gasteiger partial charge in [0.15, 0.2) is 0 Å². The second kappa shape index (κ2) is 11.5. The van der Waals surface area contributed by atoms with Gasteiger partial charge in [-0.15, -0.1) is 0 Å². The maximum absolute atomic E-state index is 13.3. The van der Waals surface area contributed by atoms with Gasteiger partial charge in [-0.25, -0.2) is 0 Å². The molecule has 0 spiro atoms. The Hall–Kier alpha value is -2.66. The van der Waals surface area contributed by atoms with Gasteiger partial charge in [0.2, 0.25) is 5.91 Å². The van der Waals surface area contributed by atoms with E-state index in [2.05, 4.69) is 40.1 Å². The number of benzene rings is 2. The Bertz CT molecular complexity index is 912. The molecule has 2 aromatic rings. The summed E-state index contributed by atoms with van der Waals surface area (Å²) in [6.07, 6.45) is 5.06. The summed E-state index contributed by atoms with van der Waals surface area (Å²) in [5.41, 5.74) is 3.26. The summed E-state index contributed by atoms with van der Waals surface area (Å²) in [7, 11) is 0. The van der Waals surface area contributed by atoms with E-state index in [0.29, 0.717) is 6.54 Å². The Kier molecular flexibility index (Phi) is 8.16. The summed E-state index contributed by atoms with van der Waals surface area (Å²) in [5.74, 6) is 0.216. The molecule has 176 valence electrons. The van der Waals surface area contributed by atoms with E-state index in [4.69, 9.17) is 0 Å². The number of piperidine rings is 1. The lowest BCUT2D eigenvalue weighted by Crippen LogP contribution is -2.47. The minimum absolute atomic E-state index is 0.0490. The third kappa shape index (κ3) is 6.44. The third-order valence-electron chi connectivity index (χ3n) is 7.04. The summed E-state index contributed by atoms with van der Waals surface area (Å²) in [4.78, 5) is 32.7. The molecule has 2 fully saturated rings. The molecule has 2 amide bonds. The van der Waals surface area contributed by atoms with Gasteiger partial charge in [0.05, 0.1) is 5.92 Å². The Morgan fingerprint density at radius 2 is 1.61 bits per heavy atom. The lowest BCUT2D eigenvalue weighted by atomic mass is 9.95. The maximum Gasteiger partial charge on any atom is 0.253 e. The van der Waals surface area contributed by atoms with Gasteiger partial charge in [0, 0.05) is 38.3 Å². The predicted molar refractivity (Wildman–Crippen MR) is 132 cm³/mol. The average Bonchev–Trinajstić information content (AvgIpc) is 3.10. The normalized spacial score (nSPS) is 19.8. The van der Waals surface area contributed by atoms with Crippen molar-refractivity contribution in [2.75, 3.05) is 45.8 Å². The third-order valence-corrected chi connectivity index (χ3v) is 7.04. The largest absolute Gasteiger partial charge is 0.341 e. The predicted octanol–water partition coefficient (Wildman–Crippen LogP) is 4.01. The first-order chi connectivity index (χ1) is 16.1. The smallest absolute Gasteiger partial charge is 0.253 e. The standard InChI is InChI=1S/C28H37N3O2/c1-23-12-14-25(15-13-23)27(32)31-18-6-11-26(22-31)28(33)30-19-7-17-29(20-21-30)16-5-10-24-8-3-2-4-9-24/h2-4,8-9,12-15,26H,5-7,10-11,16-22H2,1H3. The van der Waals surface area contributed by atoms with E-state index in [9.17, 15) is 9.59 Å². The van der Waals surface area contributed by atoms with E-state index in [-0.39, 0.29) is 17.7 Å². The van der Waals surface area contributed by atoms with Crippen LogP contribution in [-0.2, 0) is 11.2 Å². The van der Waals surface area contributed by atoms with Crippen molar-refractivity contribution < 1.29 is 9.59 Å². The highest BCUT2D eigenvalue weighted by Gasteiger charge is 2.32. The fourth-order valence-corrected chi connectivity index (χ4v) is 5.07. The number of carbonyl (C=O) groups excluding carboxylic acids is 2. The van der Waals surface area contributed by atoms with Gasteiger partial charge >= 0.3 is 0 Å². The molecule has 0 bridgehead atoms. The molecule has 2 aliphatic rings. The quantitative estimate of drug-likeness (QED) is 0.672. The monoisotopic (exact) mass is 447 g/mol.